The second-order valence-corrected chi connectivity index (χ2v) is 8.94. The SMILES string of the molecule is Nc1ccnc2ccc(-c3cccnc3Oc3ccc(S(F)(F)(F)(F)F)cc3)cc12. The summed E-state index contributed by atoms with van der Waals surface area (Å²) in [5.41, 5.74) is 8.45. The van der Waals surface area contributed by atoms with Crippen LogP contribution in [0.1, 0.15) is 0 Å². The molecule has 0 amide bonds. The summed E-state index contributed by atoms with van der Waals surface area (Å²) < 4.78 is 70.0. The highest BCUT2D eigenvalue weighted by Gasteiger charge is 2.65. The number of benzene rings is 2. The van der Waals surface area contributed by atoms with Crippen molar-refractivity contribution >= 4 is 26.8 Å². The van der Waals surface area contributed by atoms with E-state index < -0.39 is 15.1 Å². The Morgan fingerprint density at radius 2 is 1.53 bits per heavy atom. The molecule has 0 atom stereocenters. The monoisotopic (exact) mass is 439 g/mol. The van der Waals surface area contributed by atoms with Gasteiger partial charge in [0.05, 0.1) is 5.52 Å². The van der Waals surface area contributed by atoms with Crippen molar-refractivity contribution in [2.45, 2.75) is 4.90 Å². The van der Waals surface area contributed by atoms with Gasteiger partial charge in [0.15, 0.2) is 0 Å². The Kier molecular flexibility index (Phi) is 4.01. The third-order valence-corrected chi connectivity index (χ3v) is 5.50. The standard InChI is InChI=1S/C20H14F5N3OS/c21-30(22,23,24,25)15-6-4-14(5-7-15)29-20-16(2-1-10-28-20)13-3-8-19-17(12-13)18(26)9-11-27-19/h1-12H,(H2,26,27). The van der Waals surface area contributed by atoms with E-state index in [9.17, 15) is 19.4 Å². The van der Waals surface area contributed by atoms with E-state index in [4.69, 9.17) is 10.5 Å². The van der Waals surface area contributed by atoms with Crippen molar-refractivity contribution in [1.82, 2.24) is 9.97 Å². The first-order valence-corrected chi connectivity index (χ1v) is 10.5. The van der Waals surface area contributed by atoms with Crippen LogP contribution in [0.25, 0.3) is 22.0 Å². The molecule has 0 bridgehead atoms. The van der Waals surface area contributed by atoms with Gasteiger partial charge in [-0.3, -0.25) is 4.98 Å². The summed E-state index contributed by atoms with van der Waals surface area (Å²) in [6.07, 6.45) is 3.03. The number of halogens is 5. The van der Waals surface area contributed by atoms with E-state index in [1.807, 2.05) is 0 Å². The highest BCUT2D eigenvalue weighted by molar-refractivity contribution is 8.45. The number of ether oxygens (including phenoxy) is 1. The maximum Gasteiger partial charge on any atom is 0.310 e. The predicted molar refractivity (Wildman–Crippen MR) is 107 cm³/mol. The van der Waals surface area contributed by atoms with Gasteiger partial charge in [0.2, 0.25) is 5.88 Å². The lowest BCUT2D eigenvalue weighted by Gasteiger charge is -2.40. The van der Waals surface area contributed by atoms with Crippen LogP contribution in [0.5, 0.6) is 11.6 Å². The summed E-state index contributed by atoms with van der Waals surface area (Å²) in [6, 6.07) is 12.6. The molecule has 2 N–H and O–H groups in total. The number of nitrogens with two attached hydrogens (primary N) is 1. The third kappa shape index (κ3) is 3.99. The summed E-state index contributed by atoms with van der Waals surface area (Å²) in [5, 5.41) is 0.713. The summed E-state index contributed by atoms with van der Waals surface area (Å²) >= 11 is 0. The van der Waals surface area contributed by atoms with Gasteiger partial charge < -0.3 is 10.5 Å². The van der Waals surface area contributed by atoms with Gasteiger partial charge in [-0.05, 0) is 60.2 Å². The molecule has 4 aromatic rings. The molecular formula is C20H14F5N3OS. The van der Waals surface area contributed by atoms with Crippen LogP contribution in [0.2, 0.25) is 0 Å². The Morgan fingerprint density at radius 1 is 0.800 bits per heavy atom. The molecule has 0 aliphatic carbocycles. The smallest absolute Gasteiger partial charge is 0.310 e. The maximum atomic E-state index is 12.9. The van der Waals surface area contributed by atoms with Crippen LogP contribution >= 0.6 is 10.2 Å². The average molecular weight is 439 g/mol. The van der Waals surface area contributed by atoms with Crippen LogP contribution in [0.4, 0.5) is 25.1 Å². The van der Waals surface area contributed by atoms with E-state index >= 15 is 0 Å². The number of hydrogen-bond acceptors (Lipinski definition) is 4. The van der Waals surface area contributed by atoms with Gasteiger partial charge >= 0.3 is 10.2 Å². The highest BCUT2D eigenvalue weighted by Crippen LogP contribution is 3.02. The van der Waals surface area contributed by atoms with Crippen LogP contribution < -0.4 is 10.5 Å². The van der Waals surface area contributed by atoms with E-state index in [-0.39, 0.29) is 11.6 Å². The number of anilines is 1. The van der Waals surface area contributed by atoms with Crippen molar-refractivity contribution in [2.75, 3.05) is 5.73 Å². The molecule has 0 spiro atoms. The van der Waals surface area contributed by atoms with Gasteiger partial charge in [0.25, 0.3) is 0 Å². The Balaban J connectivity index is 1.71. The Hall–Kier alpha value is -3.40. The molecule has 0 aliphatic heterocycles. The average Bonchev–Trinajstić information content (AvgIpc) is 2.67. The van der Waals surface area contributed by atoms with Gasteiger partial charge in [0, 0.05) is 29.0 Å². The van der Waals surface area contributed by atoms with Gasteiger partial charge in [0.1, 0.15) is 10.6 Å². The predicted octanol–water partition coefficient (Wildman–Crippen LogP) is 7.33. The third-order valence-electron chi connectivity index (χ3n) is 4.34. The van der Waals surface area contributed by atoms with Gasteiger partial charge in [-0.1, -0.05) is 25.5 Å². The van der Waals surface area contributed by atoms with E-state index in [1.165, 1.54) is 6.20 Å². The zero-order valence-electron chi connectivity index (χ0n) is 15.1. The number of pyridine rings is 2. The lowest BCUT2D eigenvalue weighted by atomic mass is 10.0. The first-order chi connectivity index (χ1) is 13.9. The van der Waals surface area contributed by atoms with Crippen molar-refractivity contribution in [3.8, 4) is 22.8 Å². The summed E-state index contributed by atoms with van der Waals surface area (Å²) in [7, 11) is -9.74. The van der Waals surface area contributed by atoms with Crippen LogP contribution in [0.15, 0.2) is 78.0 Å². The largest absolute Gasteiger partial charge is 0.438 e. The van der Waals surface area contributed by atoms with E-state index in [0.717, 1.165) is 12.1 Å². The molecule has 4 rings (SSSR count). The molecule has 0 saturated heterocycles. The second kappa shape index (κ2) is 6.05. The minimum Gasteiger partial charge on any atom is -0.438 e. The van der Waals surface area contributed by atoms with Crippen molar-refractivity contribution in [1.29, 1.82) is 0 Å². The molecule has 0 unspecified atom stereocenters. The quantitative estimate of drug-likeness (QED) is 0.338. The number of rotatable bonds is 4. The number of aromatic nitrogens is 2. The molecule has 0 fully saturated rings. The van der Waals surface area contributed by atoms with E-state index in [1.54, 1.807) is 42.6 Å². The fourth-order valence-corrected chi connectivity index (χ4v) is 3.55. The molecule has 0 radical (unpaired) electrons. The van der Waals surface area contributed by atoms with Crippen LogP contribution in [-0.4, -0.2) is 9.97 Å². The van der Waals surface area contributed by atoms with Crippen LogP contribution in [-0.2, 0) is 0 Å². The number of fused-ring (bicyclic) bond motifs is 1. The minimum atomic E-state index is -9.74. The molecule has 4 nitrogen and oxygen atoms in total. The number of hydrogen-bond donors (Lipinski definition) is 1. The zero-order chi connectivity index (χ0) is 21.6. The van der Waals surface area contributed by atoms with Crippen molar-refractivity contribution in [3.05, 3.63) is 73.1 Å². The summed E-state index contributed by atoms with van der Waals surface area (Å²) in [6.45, 7) is 0. The lowest BCUT2D eigenvalue weighted by molar-refractivity contribution is 0.363. The fourth-order valence-electron chi connectivity index (χ4n) is 2.90. The number of nitrogen functional groups attached to an aromatic ring is 1. The first-order valence-electron chi connectivity index (χ1n) is 8.52. The zero-order valence-corrected chi connectivity index (χ0v) is 15.9. The van der Waals surface area contributed by atoms with E-state index in [2.05, 4.69) is 9.97 Å². The Bertz CT molecular complexity index is 1260. The first kappa shape index (κ1) is 19.9. The van der Waals surface area contributed by atoms with Crippen molar-refractivity contribution in [2.24, 2.45) is 0 Å². The van der Waals surface area contributed by atoms with Crippen molar-refractivity contribution in [3.63, 3.8) is 0 Å². The topological polar surface area (TPSA) is 61.0 Å². The van der Waals surface area contributed by atoms with Crippen LogP contribution in [0, 0.1) is 0 Å². The fraction of sp³-hybridized carbons (Fsp3) is 0. The van der Waals surface area contributed by atoms with Gasteiger partial charge in [-0.15, -0.1) is 0 Å². The molecule has 2 aromatic heterocycles. The van der Waals surface area contributed by atoms with Gasteiger partial charge in [-0.25, -0.2) is 4.98 Å². The second-order valence-electron chi connectivity index (χ2n) is 6.53. The molecule has 10 heteroatoms. The molecule has 0 aliphatic rings. The normalized spacial score (nSPS) is 14.2. The van der Waals surface area contributed by atoms with Crippen molar-refractivity contribution < 1.29 is 24.2 Å². The summed E-state index contributed by atoms with van der Waals surface area (Å²) in [5.74, 6) is 0.0296. The lowest BCUT2D eigenvalue weighted by Crippen LogP contribution is -2.05. The summed E-state index contributed by atoms with van der Waals surface area (Å²) in [4.78, 5) is 6.36. The van der Waals surface area contributed by atoms with Gasteiger partial charge in [-0.2, -0.15) is 0 Å². The number of nitrogens with zero attached hydrogens (tertiary/aromatic N) is 2. The molecule has 2 aromatic carbocycles. The highest BCUT2D eigenvalue weighted by atomic mass is 32.5. The molecular weight excluding hydrogens is 425 g/mol. The Morgan fingerprint density at radius 3 is 2.23 bits per heavy atom. The minimum absolute atomic E-state index is 0.0671. The van der Waals surface area contributed by atoms with E-state index in [0.29, 0.717) is 39.8 Å². The Labute approximate surface area is 167 Å². The molecule has 0 saturated carbocycles. The molecule has 30 heavy (non-hydrogen) atoms. The maximum absolute atomic E-state index is 12.9. The molecule has 2 heterocycles. The molecule has 156 valence electrons. The van der Waals surface area contributed by atoms with Crippen LogP contribution in [0.3, 0.4) is 0 Å².